The normalized spacial score (nSPS) is 12.9. The van der Waals surface area contributed by atoms with Crippen molar-refractivity contribution in [2.24, 2.45) is 0 Å². The number of nitrogens with one attached hydrogen (secondary N) is 1. The lowest BCUT2D eigenvalue weighted by atomic mass is 10.2. The number of carbonyl (C=O) groups is 1. The lowest BCUT2D eigenvalue weighted by Gasteiger charge is -2.09. The van der Waals surface area contributed by atoms with Gasteiger partial charge in [0.15, 0.2) is 0 Å². The van der Waals surface area contributed by atoms with Crippen LogP contribution in [-0.4, -0.2) is 28.6 Å². The molecule has 1 aromatic carbocycles. The van der Waals surface area contributed by atoms with Crippen LogP contribution in [0.3, 0.4) is 0 Å². The second-order valence-electron chi connectivity index (χ2n) is 6.23. The van der Waals surface area contributed by atoms with Gasteiger partial charge in [-0.2, -0.15) is 0 Å². The summed E-state index contributed by atoms with van der Waals surface area (Å²) in [5.41, 5.74) is 1.01. The van der Waals surface area contributed by atoms with E-state index >= 15 is 0 Å². The number of amides is 1. The van der Waals surface area contributed by atoms with Crippen LogP contribution >= 0.6 is 11.3 Å². The fourth-order valence-electron chi connectivity index (χ4n) is 3.22. The summed E-state index contributed by atoms with van der Waals surface area (Å²) in [6.07, 6.45) is 4.51. The third-order valence-electron chi connectivity index (χ3n) is 4.44. The van der Waals surface area contributed by atoms with E-state index in [4.69, 9.17) is 4.74 Å². The third-order valence-corrected chi connectivity index (χ3v) is 5.64. The summed E-state index contributed by atoms with van der Waals surface area (Å²) in [7, 11) is 0. The summed E-state index contributed by atoms with van der Waals surface area (Å²) >= 11 is 1.60. The standard InChI is InChI=1S/C19H19N3O3S/c23-16(20-9-10-25-13-5-2-1-3-6-13)11-22-12-21-18-17(19(22)24)14-7-4-8-15(14)26-18/h1-3,5-6,12H,4,7-11H2,(H,20,23). The van der Waals surface area contributed by atoms with Crippen molar-refractivity contribution in [1.29, 1.82) is 0 Å². The topological polar surface area (TPSA) is 73.2 Å². The molecule has 0 atom stereocenters. The number of carbonyl (C=O) groups excluding carboxylic acids is 1. The molecule has 0 bridgehead atoms. The van der Waals surface area contributed by atoms with Crippen LogP contribution in [0, 0.1) is 0 Å². The van der Waals surface area contributed by atoms with Crippen LogP contribution in [0.2, 0.25) is 0 Å². The molecule has 134 valence electrons. The van der Waals surface area contributed by atoms with Gasteiger partial charge in [0.1, 0.15) is 23.7 Å². The zero-order valence-corrected chi connectivity index (χ0v) is 15.1. The van der Waals surface area contributed by atoms with E-state index in [-0.39, 0.29) is 18.0 Å². The average Bonchev–Trinajstić information content (AvgIpc) is 3.23. The van der Waals surface area contributed by atoms with Crippen LogP contribution in [0.1, 0.15) is 16.9 Å². The maximum Gasteiger partial charge on any atom is 0.262 e. The van der Waals surface area contributed by atoms with Gasteiger partial charge in [0.25, 0.3) is 5.56 Å². The van der Waals surface area contributed by atoms with Gasteiger partial charge in [-0.25, -0.2) is 4.98 Å². The molecular weight excluding hydrogens is 350 g/mol. The zero-order chi connectivity index (χ0) is 17.9. The Labute approximate surface area is 154 Å². The van der Waals surface area contributed by atoms with Gasteiger partial charge in [-0.05, 0) is 37.0 Å². The minimum absolute atomic E-state index is 0.0300. The number of thiophene rings is 1. The van der Waals surface area contributed by atoms with Crippen molar-refractivity contribution in [2.75, 3.05) is 13.2 Å². The summed E-state index contributed by atoms with van der Waals surface area (Å²) in [6, 6.07) is 9.43. The van der Waals surface area contributed by atoms with Crippen molar-refractivity contribution in [3.05, 3.63) is 57.5 Å². The number of fused-ring (bicyclic) bond motifs is 3. The number of aryl methyl sites for hydroxylation is 2. The molecule has 1 aliphatic carbocycles. The third kappa shape index (κ3) is 3.35. The molecule has 4 rings (SSSR count). The minimum Gasteiger partial charge on any atom is -0.492 e. The Hall–Kier alpha value is -2.67. The van der Waals surface area contributed by atoms with Crippen molar-refractivity contribution in [2.45, 2.75) is 25.8 Å². The molecule has 7 heteroatoms. The molecule has 1 amide bonds. The molecule has 26 heavy (non-hydrogen) atoms. The molecule has 0 spiro atoms. The molecule has 3 aromatic rings. The first kappa shape index (κ1) is 16.8. The molecule has 6 nitrogen and oxygen atoms in total. The van der Waals surface area contributed by atoms with Gasteiger partial charge in [-0.1, -0.05) is 18.2 Å². The molecule has 0 aliphatic heterocycles. The predicted molar refractivity (Wildman–Crippen MR) is 101 cm³/mol. The first-order valence-electron chi connectivity index (χ1n) is 8.66. The fraction of sp³-hybridized carbons (Fsp3) is 0.316. The lowest BCUT2D eigenvalue weighted by Crippen LogP contribution is -2.34. The molecule has 1 N–H and O–H groups in total. The zero-order valence-electron chi connectivity index (χ0n) is 14.2. The van der Waals surface area contributed by atoms with Crippen molar-refractivity contribution in [1.82, 2.24) is 14.9 Å². The number of rotatable bonds is 6. The SMILES string of the molecule is O=C(Cn1cnc2sc3c(c2c1=O)CCC3)NCCOc1ccccc1. The minimum atomic E-state index is -0.225. The van der Waals surface area contributed by atoms with Crippen LogP contribution in [-0.2, 0) is 24.2 Å². The van der Waals surface area contributed by atoms with Crippen LogP contribution in [0.4, 0.5) is 0 Å². The highest BCUT2D eigenvalue weighted by molar-refractivity contribution is 7.18. The van der Waals surface area contributed by atoms with E-state index in [1.54, 1.807) is 11.3 Å². The number of hydrogen-bond donors (Lipinski definition) is 1. The van der Waals surface area contributed by atoms with Gasteiger partial charge in [0, 0.05) is 4.88 Å². The molecular formula is C19H19N3O3S. The number of aromatic nitrogens is 2. The number of hydrogen-bond acceptors (Lipinski definition) is 5. The van der Waals surface area contributed by atoms with E-state index in [9.17, 15) is 9.59 Å². The molecule has 1 aliphatic rings. The molecule has 0 radical (unpaired) electrons. The van der Waals surface area contributed by atoms with E-state index in [1.165, 1.54) is 15.8 Å². The summed E-state index contributed by atoms with van der Waals surface area (Å²) in [6.45, 7) is 0.726. The van der Waals surface area contributed by atoms with Gasteiger partial charge in [-0.3, -0.25) is 14.2 Å². The Balaban J connectivity index is 1.37. The van der Waals surface area contributed by atoms with Crippen LogP contribution in [0.25, 0.3) is 10.2 Å². The first-order chi connectivity index (χ1) is 12.7. The molecule has 2 aromatic heterocycles. The Morgan fingerprint density at radius 3 is 2.96 bits per heavy atom. The predicted octanol–water partition coefficient (Wildman–Crippen LogP) is 2.14. The van der Waals surface area contributed by atoms with Gasteiger partial charge in [0.05, 0.1) is 18.3 Å². The number of para-hydroxylation sites is 1. The molecule has 0 fully saturated rings. The van der Waals surface area contributed by atoms with Gasteiger partial charge >= 0.3 is 0 Å². The van der Waals surface area contributed by atoms with Crippen molar-refractivity contribution in [3.8, 4) is 5.75 Å². The molecule has 2 heterocycles. The lowest BCUT2D eigenvalue weighted by molar-refractivity contribution is -0.121. The number of nitrogens with zero attached hydrogens (tertiary/aromatic N) is 2. The highest BCUT2D eigenvalue weighted by atomic mass is 32.1. The summed E-state index contributed by atoms with van der Waals surface area (Å²) < 4.78 is 6.92. The van der Waals surface area contributed by atoms with Gasteiger partial charge < -0.3 is 10.1 Å². The Morgan fingerprint density at radius 2 is 2.12 bits per heavy atom. The highest BCUT2D eigenvalue weighted by Crippen LogP contribution is 2.34. The van der Waals surface area contributed by atoms with E-state index < -0.39 is 0 Å². The van der Waals surface area contributed by atoms with Crippen molar-refractivity contribution >= 4 is 27.5 Å². The first-order valence-corrected chi connectivity index (χ1v) is 9.48. The maximum atomic E-state index is 12.7. The number of ether oxygens (including phenoxy) is 1. The second kappa shape index (κ2) is 7.29. The molecule has 0 unspecified atom stereocenters. The second-order valence-corrected chi connectivity index (χ2v) is 7.31. The Bertz CT molecular complexity index is 994. The smallest absolute Gasteiger partial charge is 0.262 e. The van der Waals surface area contributed by atoms with E-state index in [1.807, 2.05) is 30.3 Å². The number of benzene rings is 1. The van der Waals surface area contributed by atoms with Crippen molar-refractivity contribution < 1.29 is 9.53 Å². The molecule has 0 saturated heterocycles. The van der Waals surface area contributed by atoms with E-state index in [2.05, 4.69) is 10.3 Å². The van der Waals surface area contributed by atoms with E-state index in [0.29, 0.717) is 18.5 Å². The quantitative estimate of drug-likeness (QED) is 0.676. The van der Waals surface area contributed by atoms with Gasteiger partial charge in [-0.15, -0.1) is 11.3 Å². The van der Waals surface area contributed by atoms with Crippen LogP contribution < -0.4 is 15.6 Å². The monoisotopic (exact) mass is 369 g/mol. The maximum absolute atomic E-state index is 12.7. The average molecular weight is 369 g/mol. The highest BCUT2D eigenvalue weighted by Gasteiger charge is 2.21. The fourth-order valence-corrected chi connectivity index (χ4v) is 4.44. The van der Waals surface area contributed by atoms with Crippen LogP contribution in [0.5, 0.6) is 5.75 Å². The van der Waals surface area contributed by atoms with Crippen LogP contribution in [0.15, 0.2) is 41.5 Å². The summed E-state index contributed by atoms with van der Waals surface area (Å²) in [4.78, 5) is 31.3. The Kier molecular flexibility index (Phi) is 4.71. The molecule has 0 saturated carbocycles. The van der Waals surface area contributed by atoms with Gasteiger partial charge in [0.2, 0.25) is 5.91 Å². The van der Waals surface area contributed by atoms with E-state index in [0.717, 1.165) is 35.4 Å². The largest absolute Gasteiger partial charge is 0.492 e. The Morgan fingerprint density at radius 1 is 1.27 bits per heavy atom. The summed E-state index contributed by atoms with van der Waals surface area (Å²) in [5.74, 6) is 0.538. The van der Waals surface area contributed by atoms with Crippen molar-refractivity contribution in [3.63, 3.8) is 0 Å². The summed E-state index contributed by atoms with van der Waals surface area (Å²) in [5, 5.41) is 3.47.